The van der Waals surface area contributed by atoms with Crippen molar-refractivity contribution in [2.45, 2.75) is 13.3 Å². The Morgan fingerprint density at radius 2 is 1.96 bits per heavy atom. The van der Waals surface area contributed by atoms with Gasteiger partial charge in [-0.2, -0.15) is 0 Å². The van der Waals surface area contributed by atoms with Gasteiger partial charge in [-0.25, -0.2) is 9.18 Å². The molecule has 0 heterocycles. The minimum absolute atomic E-state index is 0.0717. The Hall–Kier alpha value is -3.09. The summed E-state index contributed by atoms with van der Waals surface area (Å²) in [5.41, 5.74) is 0.820. The van der Waals surface area contributed by atoms with Gasteiger partial charge in [0.1, 0.15) is 17.3 Å². The first kappa shape index (κ1) is 18.3. The van der Waals surface area contributed by atoms with Crippen molar-refractivity contribution in [1.29, 1.82) is 0 Å². The van der Waals surface area contributed by atoms with E-state index in [0.29, 0.717) is 12.0 Å². The SMILES string of the molecule is COc1cc(O)c(C(C)=O)cc1NC(=O)NCCc1ccccc1F. The zero-order valence-electron chi connectivity index (χ0n) is 13.9. The number of Topliss-reactive ketones (excluding diaryl/α,β-unsaturated/α-hetero) is 1. The van der Waals surface area contributed by atoms with E-state index in [9.17, 15) is 19.1 Å². The molecule has 0 spiro atoms. The second kappa shape index (κ2) is 8.14. The lowest BCUT2D eigenvalue weighted by molar-refractivity contribution is 0.101. The van der Waals surface area contributed by atoms with Crippen molar-refractivity contribution < 1.29 is 23.8 Å². The normalized spacial score (nSPS) is 10.2. The van der Waals surface area contributed by atoms with Crippen LogP contribution in [-0.4, -0.2) is 30.6 Å². The maximum atomic E-state index is 13.5. The van der Waals surface area contributed by atoms with Crippen LogP contribution in [0.4, 0.5) is 14.9 Å². The lowest BCUT2D eigenvalue weighted by Crippen LogP contribution is -2.30. The summed E-state index contributed by atoms with van der Waals surface area (Å²) in [7, 11) is 1.38. The van der Waals surface area contributed by atoms with Gasteiger partial charge in [0.25, 0.3) is 0 Å². The molecule has 0 radical (unpaired) electrons. The summed E-state index contributed by atoms with van der Waals surface area (Å²) < 4.78 is 18.6. The number of hydrogen-bond acceptors (Lipinski definition) is 4. The number of nitrogens with one attached hydrogen (secondary N) is 2. The molecule has 0 fully saturated rings. The molecule has 0 aliphatic heterocycles. The molecule has 0 saturated carbocycles. The molecule has 6 nitrogen and oxygen atoms in total. The molecule has 7 heteroatoms. The lowest BCUT2D eigenvalue weighted by atomic mass is 10.1. The quantitative estimate of drug-likeness (QED) is 0.554. The molecule has 0 bridgehead atoms. The number of aromatic hydroxyl groups is 1. The van der Waals surface area contributed by atoms with Gasteiger partial charge in [-0.1, -0.05) is 18.2 Å². The minimum atomic E-state index is -0.533. The molecule has 2 aromatic rings. The van der Waals surface area contributed by atoms with Crippen LogP contribution in [0.3, 0.4) is 0 Å². The molecule has 132 valence electrons. The van der Waals surface area contributed by atoms with Crippen molar-refractivity contribution in [3.05, 3.63) is 53.3 Å². The Morgan fingerprint density at radius 3 is 2.60 bits per heavy atom. The average Bonchev–Trinajstić information content (AvgIpc) is 2.57. The highest BCUT2D eigenvalue weighted by Gasteiger charge is 2.15. The number of halogens is 1. The molecule has 0 unspecified atom stereocenters. The number of benzene rings is 2. The number of urea groups is 1. The smallest absolute Gasteiger partial charge is 0.319 e. The number of amides is 2. The maximum Gasteiger partial charge on any atom is 0.319 e. The topological polar surface area (TPSA) is 87.7 Å². The number of anilines is 1. The maximum absolute atomic E-state index is 13.5. The first-order valence-corrected chi connectivity index (χ1v) is 7.62. The summed E-state index contributed by atoms with van der Waals surface area (Å²) in [6, 6.07) is 8.40. The minimum Gasteiger partial charge on any atom is -0.507 e. The van der Waals surface area contributed by atoms with Crippen molar-refractivity contribution in [3.63, 3.8) is 0 Å². The Morgan fingerprint density at radius 1 is 1.24 bits per heavy atom. The predicted octanol–water partition coefficient (Wildman–Crippen LogP) is 3.11. The molecule has 2 rings (SSSR count). The van der Waals surface area contributed by atoms with Crippen LogP contribution in [0, 0.1) is 5.82 Å². The number of rotatable bonds is 6. The average molecular weight is 346 g/mol. The zero-order valence-corrected chi connectivity index (χ0v) is 13.9. The largest absolute Gasteiger partial charge is 0.507 e. The van der Waals surface area contributed by atoms with E-state index in [4.69, 9.17) is 4.74 Å². The summed E-state index contributed by atoms with van der Waals surface area (Å²) in [4.78, 5) is 23.5. The third kappa shape index (κ3) is 4.69. The van der Waals surface area contributed by atoms with Gasteiger partial charge in [-0.15, -0.1) is 0 Å². The van der Waals surface area contributed by atoms with Crippen LogP contribution in [0.25, 0.3) is 0 Å². The highest BCUT2D eigenvalue weighted by Crippen LogP contribution is 2.32. The van der Waals surface area contributed by atoms with E-state index in [0.717, 1.165) is 0 Å². The number of methoxy groups -OCH3 is 1. The monoisotopic (exact) mass is 346 g/mol. The van der Waals surface area contributed by atoms with Crippen LogP contribution in [-0.2, 0) is 6.42 Å². The van der Waals surface area contributed by atoms with Crippen molar-refractivity contribution in [1.82, 2.24) is 5.32 Å². The molecular formula is C18H19FN2O4. The van der Waals surface area contributed by atoms with E-state index in [2.05, 4.69) is 10.6 Å². The molecule has 0 aromatic heterocycles. The van der Waals surface area contributed by atoms with E-state index in [1.165, 1.54) is 32.2 Å². The Bertz CT molecular complexity index is 793. The van der Waals surface area contributed by atoms with Crippen molar-refractivity contribution in [3.8, 4) is 11.5 Å². The van der Waals surface area contributed by atoms with E-state index in [-0.39, 0.29) is 40.9 Å². The van der Waals surface area contributed by atoms with Crippen LogP contribution in [0.1, 0.15) is 22.8 Å². The van der Waals surface area contributed by atoms with Crippen LogP contribution in [0.2, 0.25) is 0 Å². The van der Waals surface area contributed by atoms with E-state index >= 15 is 0 Å². The van der Waals surface area contributed by atoms with Gasteiger partial charge in [0.15, 0.2) is 5.78 Å². The number of carbonyl (C=O) groups is 2. The number of phenols is 1. The lowest BCUT2D eigenvalue weighted by Gasteiger charge is -2.13. The summed E-state index contributed by atoms with van der Waals surface area (Å²) >= 11 is 0. The molecule has 2 amide bonds. The second-order valence-electron chi connectivity index (χ2n) is 5.35. The fourth-order valence-corrected chi connectivity index (χ4v) is 2.30. The van der Waals surface area contributed by atoms with Crippen molar-refractivity contribution in [2.75, 3.05) is 19.0 Å². The van der Waals surface area contributed by atoms with E-state index in [1.54, 1.807) is 18.2 Å². The van der Waals surface area contributed by atoms with Crippen molar-refractivity contribution >= 4 is 17.5 Å². The van der Waals surface area contributed by atoms with Gasteiger partial charge in [0.05, 0.1) is 18.4 Å². The standard InChI is InChI=1S/C18H19FN2O4/c1-11(22)13-9-15(17(25-2)10-16(13)23)21-18(24)20-8-7-12-5-3-4-6-14(12)19/h3-6,9-10,23H,7-8H2,1-2H3,(H2,20,21,24). The van der Waals surface area contributed by atoms with Crippen LogP contribution in [0.5, 0.6) is 11.5 Å². The summed E-state index contributed by atoms with van der Waals surface area (Å²) in [5.74, 6) is -0.680. The van der Waals surface area contributed by atoms with Gasteiger partial charge >= 0.3 is 6.03 Å². The molecule has 0 atom stereocenters. The first-order valence-electron chi connectivity index (χ1n) is 7.62. The molecule has 0 aliphatic rings. The predicted molar refractivity (Wildman–Crippen MR) is 91.8 cm³/mol. The highest BCUT2D eigenvalue weighted by atomic mass is 19.1. The van der Waals surface area contributed by atoms with Gasteiger partial charge in [0.2, 0.25) is 0 Å². The number of ketones is 1. The number of carbonyl (C=O) groups excluding carboxylic acids is 2. The summed E-state index contributed by atoms with van der Waals surface area (Å²) in [6.45, 7) is 1.53. The van der Waals surface area contributed by atoms with Crippen molar-refractivity contribution in [2.24, 2.45) is 0 Å². The Balaban J connectivity index is 2.01. The molecule has 3 N–H and O–H groups in total. The number of phenolic OH excluding ortho intramolecular Hbond substituents is 1. The number of ether oxygens (including phenoxy) is 1. The molecule has 0 aliphatic carbocycles. The first-order chi connectivity index (χ1) is 11.9. The molecule has 2 aromatic carbocycles. The molecular weight excluding hydrogens is 327 g/mol. The van der Waals surface area contributed by atoms with E-state index in [1.807, 2.05) is 0 Å². The Kier molecular flexibility index (Phi) is 5.94. The summed E-state index contributed by atoms with van der Waals surface area (Å²) in [5, 5.41) is 14.9. The Labute approximate surface area is 144 Å². The summed E-state index contributed by atoms with van der Waals surface area (Å²) in [6.07, 6.45) is 0.339. The highest BCUT2D eigenvalue weighted by molar-refractivity contribution is 6.00. The van der Waals surface area contributed by atoms with Crippen LogP contribution < -0.4 is 15.4 Å². The van der Waals surface area contributed by atoms with Crippen LogP contribution >= 0.6 is 0 Å². The van der Waals surface area contributed by atoms with Gasteiger partial charge in [-0.05, 0) is 31.0 Å². The molecule has 25 heavy (non-hydrogen) atoms. The molecule has 0 saturated heterocycles. The van der Waals surface area contributed by atoms with Gasteiger partial charge < -0.3 is 20.5 Å². The van der Waals surface area contributed by atoms with Crippen LogP contribution in [0.15, 0.2) is 36.4 Å². The van der Waals surface area contributed by atoms with E-state index < -0.39 is 6.03 Å². The number of hydrogen-bond donors (Lipinski definition) is 3. The van der Waals surface area contributed by atoms with Gasteiger partial charge in [-0.3, -0.25) is 4.79 Å². The fraction of sp³-hybridized carbons (Fsp3) is 0.222. The third-order valence-electron chi connectivity index (χ3n) is 3.58. The second-order valence-corrected chi connectivity index (χ2v) is 5.35. The van der Waals surface area contributed by atoms with Gasteiger partial charge in [0, 0.05) is 12.6 Å². The third-order valence-corrected chi connectivity index (χ3v) is 3.58. The zero-order chi connectivity index (χ0) is 18.4. The fourth-order valence-electron chi connectivity index (χ4n) is 2.30.